The minimum atomic E-state index is -0.425. The van der Waals surface area contributed by atoms with E-state index in [0.29, 0.717) is 37.5 Å². The van der Waals surface area contributed by atoms with Crippen molar-refractivity contribution in [2.24, 2.45) is 0 Å². The Kier molecular flexibility index (Phi) is 5.59. The van der Waals surface area contributed by atoms with Gasteiger partial charge < -0.3 is 24.1 Å². The van der Waals surface area contributed by atoms with Gasteiger partial charge in [0.25, 0.3) is 5.91 Å². The third kappa shape index (κ3) is 3.63. The number of esters is 2. The third-order valence-corrected chi connectivity index (χ3v) is 7.03. The molecule has 0 fully saturated rings. The van der Waals surface area contributed by atoms with E-state index in [2.05, 4.69) is 5.32 Å². The summed E-state index contributed by atoms with van der Waals surface area (Å²) in [6, 6.07) is 13.6. The summed E-state index contributed by atoms with van der Waals surface area (Å²) >= 11 is 0. The van der Waals surface area contributed by atoms with E-state index in [9.17, 15) is 14.4 Å². The topological polar surface area (TPSA) is 95.9 Å². The Balaban J connectivity index is 1.55. The van der Waals surface area contributed by atoms with E-state index < -0.39 is 5.97 Å². The van der Waals surface area contributed by atoms with Crippen molar-refractivity contribution in [3.63, 3.8) is 0 Å². The van der Waals surface area contributed by atoms with E-state index in [1.807, 2.05) is 47.0 Å². The number of amides is 1. The molecule has 188 valence electrons. The number of hydrogen-bond acceptors (Lipinski definition) is 6. The average molecular weight is 499 g/mol. The Morgan fingerprint density at radius 1 is 0.973 bits per heavy atom. The molecule has 8 nitrogen and oxygen atoms in total. The second-order valence-corrected chi connectivity index (χ2v) is 9.11. The van der Waals surface area contributed by atoms with Gasteiger partial charge in [-0.2, -0.15) is 0 Å². The molecule has 0 atom stereocenters. The van der Waals surface area contributed by atoms with Crippen molar-refractivity contribution in [2.45, 2.75) is 33.4 Å². The number of fused-ring (bicyclic) bond motifs is 10. The highest BCUT2D eigenvalue weighted by Crippen LogP contribution is 2.49. The number of benzene rings is 3. The number of aromatic nitrogens is 1. The molecule has 4 aromatic rings. The molecule has 0 saturated heterocycles. The molecular formula is C29H26N2O6. The van der Waals surface area contributed by atoms with Crippen LogP contribution in [0.2, 0.25) is 0 Å². The molecule has 8 heteroatoms. The zero-order valence-corrected chi connectivity index (χ0v) is 20.7. The summed E-state index contributed by atoms with van der Waals surface area (Å²) in [4.78, 5) is 37.5. The summed E-state index contributed by atoms with van der Waals surface area (Å²) in [5.41, 5.74) is 7.38. The molecule has 1 aliphatic carbocycles. The molecule has 2 heterocycles. The van der Waals surface area contributed by atoms with Crippen LogP contribution >= 0.6 is 0 Å². The minimum Gasteiger partial charge on any atom is -0.482 e. The fraction of sp³-hybridized carbons (Fsp3) is 0.276. The Labute approximate surface area is 213 Å². The number of rotatable bonds is 7. The van der Waals surface area contributed by atoms with Crippen LogP contribution in [-0.2, 0) is 38.6 Å². The first kappa shape index (κ1) is 23.1. The molecule has 2 aliphatic rings. The van der Waals surface area contributed by atoms with E-state index in [1.165, 1.54) is 0 Å². The minimum absolute atomic E-state index is 0.0781. The van der Waals surface area contributed by atoms with Gasteiger partial charge in [-0.05, 0) is 54.3 Å². The van der Waals surface area contributed by atoms with Crippen molar-refractivity contribution < 1.29 is 28.6 Å². The molecule has 0 radical (unpaired) electrons. The fourth-order valence-electron chi connectivity index (χ4n) is 5.71. The summed E-state index contributed by atoms with van der Waals surface area (Å²) in [7, 11) is 0. The maximum atomic E-state index is 13.1. The fourth-order valence-corrected chi connectivity index (χ4v) is 5.71. The van der Waals surface area contributed by atoms with Gasteiger partial charge in [0.2, 0.25) is 0 Å². The van der Waals surface area contributed by atoms with Gasteiger partial charge in [0.05, 0.1) is 24.3 Å². The van der Waals surface area contributed by atoms with Crippen LogP contribution in [0, 0.1) is 0 Å². The van der Waals surface area contributed by atoms with Gasteiger partial charge in [0.15, 0.2) is 6.61 Å². The normalized spacial score (nSPS) is 13.3. The molecule has 0 saturated carbocycles. The summed E-state index contributed by atoms with van der Waals surface area (Å²) in [5, 5.41) is 5.02. The molecule has 1 aromatic heterocycles. The Morgan fingerprint density at radius 3 is 2.57 bits per heavy atom. The van der Waals surface area contributed by atoms with Crippen molar-refractivity contribution in [2.75, 3.05) is 19.8 Å². The molecule has 0 bridgehead atoms. The highest BCUT2D eigenvalue weighted by molar-refractivity contribution is 6.20. The number of para-hydroxylation sites is 1. The predicted molar refractivity (Wildman–Crippen MR) is 138 cm³/mol. The van der Waals surface area contributed by atoms with Gasteiger partial charge in [-0.3, -0.25) is 9.59 Å². The van der Waals surface area contributed by atoms with E-state index in [-0.39, 0.29) is 25.0 Å². The second-order valence-electron chi connectivity index (χ2n) is 9.11. The van der Waals surface area contributed by atoms with Crippen molar-refractivity contribution in [3.8, 4) is 16.9 Å². The van der Waals surface area contributed by atoms with E-state index in [1.54, 1.807) is 13.8 Å². The molecular weight excluding hydrogens is 472 g/mol. The molecule has 37 heavy (non-hydrogen) atoms. The van der Waals surface area contributed by atoms with Crippen LogP contribution in [0.15, 0.2) is 42.5 Å². The number of carbonyl (C=O) groups is 3. The molecule has 0 unspecified atom stereocenters. The molecule has 1 aliphatic heterocycles. The lowest BCUT2D eigenvalue weighted by atomic mass is 9.92. The lowest BCUT2D eigenvalue weighted by molar-refractivity contribution is -0.145. The quantitative estimate of drug-likeness (QED) is 0.339. The van der Waals surface area contributed by atoms with Gasteiger partial charge in [0.1, 0.15) is 12.3 Å². The molecule has 3 aromatic carbocycles. The SMILES string of the molecule is CCOC(=O)COc1ccc2c(c1)Cc1c-2c2c(c3c4ccccc4n(CC(=O)OCC)c13)CNC2=O. The maximum absolute atomic E-state index is 13.1. The van der Waals surface area contributed by atoms with E-state index >= 15 is 0 Å². The van der Waals surface area contributed by atoms with Crippen molar-refractivity contribution in [1.29, 1.82) is 0 Å². The Morgan fingerprint density at radius 2 is 1.76 bits per heavy atom. The van der Waals surface area contributed by atoms with Crippen LogP contribution < -0.4 is 10.1 Å². The van der Waals surface area contributed by atoms with Crippen LogP contribution in [0.1, 0.15) is 40.9 Å². The van der Waals surface area contributed by atoms with Gasteiger partial charge in [-0.1, -0.05) is 24.3 Å². The summed E-state index contributed by atoms with van der Waals surface area (Å²) in [6.45, 7) is 4.49. The van der Waals surface area contributed by atoms with Gasteiger partial charge in [-0.15, -0.1) is 0 Å². The first-order chi connectivity index (χ1) is 18.0. The number of hydrogen-bond donors (Lipinski definition) is 1. The van der Waals surface area contributed by atoms with Gasteiger partial charge >= 0.3 is 11.9 Å². The highest BCUT2D eigenvalue weighted by atomic mass is 16.6. The first-order valence-electron chi connectivity index (χ1n) is 12.5. The predicted octanol–water partition coefficient (Wildman–Crippen LogP) is 4.11. The molecule has 6 rings (SSSR count). The zero-order chi connectivity index (χ0) is 25.7. The van der Waals surface area contributed by atoms with Crippen LogP contribution in [0.25, 0.3) is 32.9 Å². The highest BCUT2D eigenvalue weighted by Gasteiger charge is 2.36. The molecule has 0 spiro atoms. The monoisotopic (exact) mass is 498 g/mol. The number of nitrogens with one attached hydrogen (secondary N) is 1. The molecule has 1 amide bonds. The first-order valence-corrected chi connectivity index (χ1v) is 12.5. The average Bonchev–Trinajstić information content (AvgIpc) is 3.55. The molecule has 1 N–H and O–H groups in total. The van der Waals surface area contributed by atoms with Crippen LogP contribution in [-0.4, -0.2) is 42.2 Å². The summed E-state index contributed by atoms with van der Waals surface area (Å²) in [6.07, 6.45) is 0.567. The smallest absolute Gasteiger partial charge is 0.344 e. The second kappa shape index (κ2) is 8.96. The Hall–Kier alpha value is -4.33. The standard InChI is InChI=1S/C29H26N2O6/c1-3-35-23(32)14-31-22-8-6-5-7-19(22)26-21-13-30-29(34)27(21)25-18-10-9-17(37-15-24(33)36-4-2)11-16(18)12-20(25)28(26)31/h5-11H,3-4,12-15H2,1-2H3,(H,30,34). The number of ether oxygens (including phenoxy) is 3. The summed E-state index contributed by atoms with van der Waals surface area (Å²) in [5.74, 6) is -0.264. The Bertz CT molecular complexity index is 1620. The van der Waals surface area contributed by atoms with Crippen molar-refractivity contribution in [1.82, 2.24) is 9.88 Å². The van der Waals surface area contributed by atoms with E-state index in [4.69, 9.17) is 14.2 Å². The van der Waals surface area contributed by atoms with Crippen LogP contribution in [0.3, 0.4) is 0 Å². The zero-order valence-electron chi connectivity index (χ0n) is 20.7. The maximum Gasteiger partial charge on any atom is 0.344 e. The number of nitrogens with zero attached hydrogens (tertiary/aromatic N) is 1. The van der Waals surface area contributed by atoms with Crippen LogP contribution in [0.4, 0.5) is 0 Å². The summed E-state index contributed by atoms with van der Waals surface area (Å²) < 4.78 is 18.0. The third-order valence-electron chi connectivity index (χ3n) is 7.03. The van der Waals surface area contributed by atoms with Crippen LogP contribution in [0.5, 0.6) is 5.75 Å². The van der Waals surface area contributed by atoms with Gasteiger partial charge in [0, 0.05) is 34.8 Å². The lowest BCUT2D eigenvalue weighted by Gasteiger charge is -2.13. The van der Waals surface area contributed by atoms with E-state index in [0.717, 1.165) is 49.6 Å². The largest absolute Gasteiger partial charge is 0.482 e. The van der Waals surface area contributed by atoms with Crippen molar-refractivity contribution >= 4 is 39.7 Å². The number of carbonyl (C=O) groups excluding carboxylic acids is 3. The lowest BCUT2D eigenvalue weighted by Crippen LogP contribution is -2.14. The van der Waals surface area contributed by atoms with Gasteiger partial charge in [-0.25, -0.2) is 4.79 Å². The van der Waals surface area contributed by atoms with Crippen molar-refractivity contribution in [3.05, 3.63) is 64.7 Å².